The van der Waals surface area contributed by atoms with Gasteiger partial charge in [0.05, 0.1) is 0 Å². The van der Waals surface area contributed by atoms with Crippen molar-refractivity contribution in [3.63, 3.8) is 0 Å². The van der Waals surface area contributed by atoms with Crippen molar-refractivity contribution >= 4 is 0 Å². The molecular weight excluding hydrogens is 132 g/mol. The third-order valence-electron chi connectivity index (χ3n) is 2.64. The van der Waals surface area contributed by atoms with Crippen molar-refractivity contribution in [1.29, 1.82) is 0 Å². The van der Waals surface area contributed by atoms with Crippen LogP contribution >= 0.6 is 0 Å². The number of hydrogen-bond donors (Lipinski definition) is 0. The summed E-state index contributed by atoms with van der Waals surface area (Å²) in [5.41, 5.74) is 3.44. The van der Waals surface area contributed by atoms with E-state index in [1.54, 1.807) is 5.57 Å². The summed E-state index contributed by atoms with van der Waals surface area (Å²) in [6.07, 6.45) is 2.57. The Kier molecular flexibility index (Phi) is 3.85. The summed E-state index contributed by atoms with van der Waals surface area (Å²) in [5.74, 6) is 0. The van der Waals surface area contributed by atoms with Crippen LogP contribution < -0.4 is 0 Å². The average Bonchev–Trinajstić information content (AvgIpc) is 1.86. The van der Waals surface area contributed by atoms with E-state index in [2.05, 4.69) is 41.5 Å². The van der Waals surface area contributed by atoms with E-state index in [9.17, 15) is 0 Å². The Hall–Kier alpha value is -0.260. The van der Waals surface area contributed by atoms with Crippen molar-refractivity contribution < 1.29 is 0 Å². The zero-order chi connectivity index (χ0) is 9.07. The first-order valence-corrected chi connectivity index (χ1v) is 4.56. The molecule has 0 heteroatoms. The molecule has 0 aromatic carbocycles. The van der Waals surface area contributed by atoms with Gasteiger partial charge in [-0.05, 0) is 32.6 Å². The molecule has 0 aliphatic heterocycles. The van der Waals surface area contributed by atoms with Crippen LogP contribution in [0.25, 0.3) is 0 Å². The Morgan fingerprint density at radius 2 is 1.55 bits per heavy atom. The molecule has 0 N–H and O–H groups in total. The van der Waals surface area contributed by atoms with E-state index in [4.69, 9.17) is 0 Å². The molecule has 0 aromatic rings. The Balaban J connectivity index is 4.42. The van der Waals surface area contributed by atoms with Crippen LogP contribution in [0.1, 0.15) is 54.4 Å². The maximum absolute atomic E-state index is 2.33. The molecule has 0 saturated carbocycles. The van der Waals surface area contributed by atoms with Crippen LogP contribution in [-0.2, 0) is 0 Å². The third-order valence-corrected chi connectivity index (χ3v) is 2.64. The first-order chi connectivity index (χ1) is 4.91. The Labute approximate surface area is 71.7 Å². The second kappa shape index (κ2) is 3.94. The smallest absolute Gasteiger partial charge is 0.0145 e. The first-order valence-electron chi connectivity index (χ1n) is 4.56. The molecule has 0 nitrogen and oxygen atoms in total. The molecule has 0 radical (unpaired) electrons. The first kappa shape index (κ1) is 10.7. The minimum absolute atomic E-state index is 0.410. The Bertz CT molecular complexity index is 145. The largest absolute Gasteiger partial charge is 0.0770 e. The lowest BCUT2D eigenvalue weighted by Crippen LogP contribution is -2.13. The lowest BCUT2D eigenvalue weighted by Gasteiger charge is -2.26. The van der Waals surface area contributed by atoms with Crippen LogP contribution in [0.2, 0.25) is 0 Å². The fourth-order valence-electron chi connectivity index (χ4n) is 1.49. The van der Waals surface area contributed by atoms with Gasteiger partial charge in [0, 0.05) is 0 Å². The molecule has 0 heterocycles. The fraction of sp³-hybridized carbons (Fsp3) is 0.818. The highest BCUT2D eigenvalue weighted by Crippen LogP contribution is 2.32. The van der Waals surface area contributed by atoms with Crippen LogP contribution in [0.5, 0.6) is 0 Å². The summed E-state index contributed by atoms with van der Waals surface area (Å²) in [6.45, 7) is 13.6. The molecule has 0 spiro atoms. The van der Waals surface area contributed by atoms with Gasteiger partial charge in [-0.15, -0.1) is 0 Å². The second-order valence-electron chi connectivity index (χ2n) is 4.26. The van der Waals surface area contributed by atoms with Gasteiger partial charge in [0.1, 0.15) is 0 Å². The van der Waals surface area contributed by atoms with Crippen molar-refractivity contribution in [1.82, 2.24) is 0 Å². The van der Waals surface area contributed by atoms with Crippen LogP contribution in [0, 0.1) is 5.41 Å². The van der Waals surface area contributed by atoms with Crippen LogP contribution in [-0.4, -0.2) is 0 Å². The standard InChI is InChI=1S/C11H22/c1-7-8-11(5,6)10(4)9(2)3/h7-8H2,1-6H3. The molecule has 0 atom stereocenters. The number of allylic oxidation sites excluding steroid dienone is 2. The van der Waals surface area contributed by atoms with Crippen molar-refractivity contribution in [2.45, 2.75) is 54.4 Å². The molecule has 0 aliphatic carbocycles. The summed E-state index contributed by atoms with van der Waals surface area (Å²) in [4.78, 5) is 0. The van der Waals surface area contributed by atoms with E-state index in [0.717, 1.165) is 0 Å². The Morgan fingerprint density at radius 3 is 1.82 bits per heavy atom. The van der Waals surface area contributed by atoms with Gasteiger partial charge in [-0.3, -0.25) is 0 Å². The SMILES string of the molecule is CCCC(C)(C)C(C)=C(C)C. The highest BCUT2D eigenvalue weighted by Gasteiger charge is 2.18. The lowest BCUT2D eigenvalue weighted by molar-refractivity contribution is 0.399. The van der Waals surface area contributed by atoms with Crippen molar-refractivity contribution in [3.8, 4) is 0 Å². The quantitative estimate of drug-likeness (QED) is 0.535. The number of rotatable bonds is 3. The molecule has 0 rings (SSSR count). The van der Waals surface area contributed by atoms with Gasteiger partial charge in [-0.25, -0.2) is 0 Å². The molecule has 0 unspecified atom stereocenters. The lowest BCUT2D eigenvalue weighted by atomic mass is 9.79. The predicted octanol–water partition coefficient (Wildman–Crippen LogP) is 4.17. The highest BCUT2D eigenvalue weighted by atomic mass is 14.2. The number of hydrogen-bond acceptors (Lipinski definition) is 0. The summed E-state index contributed by atoms with van der Waals surface area (Å²) in [5, 5.41) is 0. The topological polar surface area (TPSA) is 0 Å². The van der Waals surface area contributed by atoms with Gasteiger partial charge in [-0.1, -0.05) is 38.3 Å². The molecule has 0 aliphatic rings. The van der Waals surface area contributed by atoms with Crippen LogP contribution in [0.3, 0.4) is 0 Å². The van der Waals surface area contributed by atoms with Crippen molar-refractivity contribution in [3.05, 3.63) is 11.1 Å². The van der Waals surface area contributed by atoms with Gasteiger partial charge >= 0.3 is 0 Å². The fourth-order valence-corrected chi connectivity index (χ4v) is 1.49. The molecule has 0 fully saturated rings. The van der Waals surface area contributed by atoms with Gasteiger partial charge < -0.3 is 0 Å². The summed E-state index contributed by atoms with van der Waals surface area (Å²) < 4.78 is 0. The monoisotopic (exact) mass is 154 g/mol. The molecule has 0 bridgehead atoms. The zero-order valence-electron chi connectivity index (χ0n) is 8.91. The predicted molar refractivity (Wildman–Crippen MR) is 52.7 cm³/mol. The summed E-state index contributed by atoms with van der Waals surface area (Å²) in [6, 6.07) is 0. The molecule has 11 heavy (non-hydrogen) atoms. The maximum atomic E-state index is 2.33. The average molecular weight is 154 g/mol. The minimum Gasteiger partial charge on any atom is -0.0770 e. The molecule has 66 valence electrons. The van der Waals surface area contributed by atoms with E-state index in [-0.39, 0.29) is 0 Å². The van der Waals surface area contributed by atoms with Gasteiger partial charge in [0.2, 0.25) is 0 Å². The van der Waals surface area contributed by atoms with E-state index in [0.29, 0.717) is 5.41 Å². The van der Waals surface area contributed by atoms with E-state index < -0.39 is 0 Å². The zero-order valence-corrected chi connectivity index (χ0v) is 8.91. The van der Waals surface area contributed by atoms with Crippen LogP contribution in [0.4, 0.5) is 0 Å². The Morgan fingerprint density at radius 1 is 1.09 bits per heavy atom. The molecule has 0 saturated heterocycles. The summed E-state index contributed by atoms with van der Waals surface area (Å²) in [7, 11) is 0. The second-order valence-corrected chi connectivity index (χ2v) is 4.26. The summed E-state index contributed by atoms with van der Waals surface area (Å²) >= 11 is 0. The minimum atomic E-state index is 0.410. The highest BCUT2D eigenvalue weighted by molar-refractivity contribution is 5.14. The molecule has 0 aromatic heterocycles. The van der Waals surface area contributed by atoms with E-state index >= 15 is 0 Å². The van der Waals surface area contributed by atoms with E-state index in [1.165, 1.54) is 18.4 Å². The van der Waals surface area contributed by atoms with Gasteiger partial charge in [0.15, 0.2) is 0 Å². The normalized spacial score (nSPS) is 11.5. The van der Waals surface area contributed by atoms with E-state index in [1.807, 2.05) is 0 Å². The van der Waals surface area contributed by atoms with Crippen LogP contribution in [0.15, 0.2) is 11.1 Å². The third kappa shape index (κ3) is 3.09. The maximum Gasteiger partial charge on any atom is -0.0145 e. The van der Waals surface area contributed by atoms with Gasteiger partial charge in [-0.2, -0.15) is 0 Å². The van der Waals surface area contributed by atoms with Crippen molar-refractivity contribution in [2.75, 3.05) is 0 Å². The van der Waals surface area contributed by atoms with Gasteiger partial charge in [0.25, 0.3) is 0 Å². The molecular formula is C11H22. The molecule has 0 amide bonds. The van der Waals surface area contributed by atoms with Crippen molar-refractivity contribution in [2.24, 2.45) is 5.41 Å².